The van der Waals surface area contributed by atoms with Crippen molar-refractivity contribution in [1.82, 2.24) is 4.90 Å². The molecule has 98 valence electrons. The summed E-state index contributed by atoms with van der Waals surface area (Å²) in [7, 11) is 2.19. The van der Waals surface area contributed by atoms with Crippen LogP contribution in [0.15, 0.2) is 22.8 Å². The van der Waals surface area contributed by atoms with Gasteiger partial charge in [-0.3, -0.25) is 0 Å². The molecule has 0 radical (unpaired) electrons. The van der Waals surface area contributed by atoms with Crippen molar-refractivity contribution in [3.63, 3.8) is 0 Å². The zero-order chi connectivity index (χ0) is 12.5. The van der Waals surface area contributed by atoms with Crippen molar-refractivity contribution in [2.45, 2.75) is 50.3 Å². The second-order valence-corrected chi connectivity index (χ2v) is 5.38. The van der Waals surface area contributed by atoms with Crippen molar-refractivity contribution < 1.29 is 13.9 Å². The summed E-state index contributed by atoms with van der Waals surface area (Å²) in [5.41, 5.74) is 0. The molecule has 2 fully saturated rings. The number of hydrogen-bond acceptors (Lipinski definition) is 4. The van der Waals surface area contributed by atoms with E-state index in [1.165, 1.54) is 25.5 Å². The number of ether oxygens (including phenoxy) is 1. The third-order valence-corrected chi connectivity index (χ3v) is 4.29. The Morgan fingerprint density at radius 1 is 1.39 bits per heavy atom. The Kier molecular flexibility index (Phi) is 3.12. The zero-order valence-electron chi connectivity index (χ0n) is 10.7. The van der Waals surface area contributed by atoms with Crippen molar-refractivity contribution >= 4 is 5.97 Å². The van der Waals surface area contributed by atoms with Crippen LogP contribution in [0.1, 0.15) is 42.7 Å². The summed E-state index contributed by atoms with van der Waals surface area (Å²) in [6.07, 6.45) is 7.22. The number of carbonyl (C=O) groups is 1. The molecule has 0 saturated carbocycles. The molecule has 3 rings (SSSR count). The fourth-order valence-corrected chi connectivity index (χ4v) is 3.27. The van der Waals surface area contributed by atoms with Gasteiger partial charge >= 0.3 is 5.97 Å². The molecule has 1 aromatic rings. The van der Waals surface area contributed by atoms with E-state index in [2.05, 4.69) is 11.9 Å². The van der Waals surface area contributed by atoms with E-state index in [-0.39, 0.29) is 12.1 Å². The van der Waals surface area contributed by atoms with Crippen molar-refractivity contribution in [3.8, 4) is 0 Å². The standard InChI is InChI=1S/C14H19NO3/c1-15-10-4-2-5-11(15)9-12(8-10)18-14(16)13-6-3-7-17-13/h3,6-7,10-12H,2,4-5,8-9H2,1H3/t10-,11-/m1/s1. The van der Waals surface area contributed by atoms with Gasteiger partial charge in [0.2, 0.25) is 5.76 Å². The Morgan fingerprint density at radius 3 is 2.72 bits per heavy atom. The molecule has 2 bridgehead atoms. The Labute approximate surface area is 107 Å². The van der Waals surface area contributed by atoms with E-state index in [1.807, 2.05) is 0 Å². The quantitative estimate of drug-likeness (QED) is 0.755. The monoisotopic (exact) mass is 249 g/mol. The van der Waals surface area contributed by atoms with Crippen molar-refractivity contribution in [3.05, 3.63) is 24.2 Å². The molecular weight excluding hydrogens is 230 g/mol. The van der Waals surface area contributed by atoms with Crippen LogP contribution in [0.25, 0.3) is 0 Å². The lowest BCUT2D eigenvalue weighted by molar-refractivity contribution is -0.0335. The minimum Gasteiger partial charge on any atom is -0.457 e. The fourth-order valence-electron chi connectivity index (χ4n) is 3.27. The van der Waals surface area contributed by atoms with Crippen LogP contribution in [0.5, 0.6) is 0 Å². The first-order valence-corrected chi connectivity index (χ1v) is 6.70. The SMILES string of the molecule is CN1[C@@H]2CCC[C@@H]1CC(OC(=O)c1ccco1)C2. The van der Waals surface area contributed by atoms with E-state index in [1.54, 1.807) is 12.1 Å². The predicted octanol–water partition coefficient (Wildman–Crippen LogP) is 2.45. The summed E-state index contributed by atoms with van der Waals surface area (Å²) < 4.78 is 10.6. The summed E-state index contributed by atoms with van der Waals surface area (Å²) in [6.45, 7) is 0. The van der Waals surface area contributed by atoms with Gasteiger partial charge in [0.15, 0.2) is 0 Å². The van der Waals surface area contributed by atoms with Gasteiger partial charge in [-0.15, -0.1) is 0 Å². The maximum absolute atomic E-state index is 11.8. The van der Waals surface area contributed by atoms with Crippen molar-refractivity contribution in [1.29, 1.82) is 0 Å². The molecule has 0 unspecified atom stereocenters. The van der Waals surface area contributed by atoms with Crippen LogP contribution < -0.4 is 0 Å². The van der Waals surface area contributed by atoms with Gasteiger partial charge in [0, 0.05) is 24.9 Å². The van der Waals surface area contributed by atoms with E-state index >= 15 is 0 Å². The minimum atomic E-state index is -0.326. The lowest BCUT2D eigenvalue weighted by Crippen LogP contribution is -2.52. The van der Waals surface area contributed by atoms with Crippen molar-refractivity contribution in [2.24, 2.45) is 0 Å². The van der Waals surface area contributed by atoms with Gasteiger partial charge < -0.3 is 14.1 Å². The lowest BCUT2D eigenvalue weighted by Gasteiger charge is -2.46. The first-order chi connectivity index (χ1) is 8.74. The van der Waals surface area contributed by atoms with Crippen LogP contribution >= 0.6 is 0 Å². The van der Waals surface area contributed by atoms with Crippen LogP contribution in [0.2, 0.25) is 0 Å². The Balaban J connectivity index is 1.63. The van der Waals surface area contributed by atoms with Crippen LogP contribution in [-0.2, 0) is 4.74 Å². The highest BCUT2D eigenvalue weighted by atomic mass is 16.6. The molecule has 0 aliphatic carbocycles. The molecule has 2 aliphatic heterocycles. The van der Waals surface area contributed by atoms with Gasteiger partial charge in [-0.25, -0.2) is 4.79 Å². The highest BCUT2D eigenvalue weighted by Gasteiger charge is 2.37. The van der Waals surface area contributed by atoms with E-state index in [9.17, 15) is 4.79 Å². The summed E-state index contributed by atoms with van der Waals surface area (Å²) >= 11 is 0. The Bertz CT molecular complexity index is 401. The van der Waals surface area contributed by atoms with Crippen LogP contribution in [0.4, 0.5) is 0 Å². The summed E-state index contributed by atoms with van der Waals surface area (Å²) in [6, 6.07) is 4.51. The Hall–Kier alpha value is -1.29. The average Bonchev–Trinajstić information content (AvgIpc) is 2.84. The lowest BCUT2D eigenvalue weighted by atomic mass is 9.83. The molecule has 0 N–H and O–H groups in total. The number of nitrogens with zero attached hydrogens (tertiary/aromatic N) is 1. The molecule has 18 heavy (non-hydrogen) atoms. The normalized spacial score (nSPS) is 32.2. The predicted molar refractivity (Wildman–Crippen MR) is 66.3 cm³/mol. The van der Waals surface area contributed by atoms with Gasteiger partial charge in [-0.2, -0.15) is 0 Å². The molecule has 0 spiro atoms. The summed E-state index contributed by atoms with van der Waals surface area (Å²) in [4.78, 5) is 14.3. The third-order valence-electron chi connectivity index (χ3n) is 4.29. The van der Waals surface area contributed by atoms with E-state index < -0.39 is 0 Å². The van der Waals surface area contributed by atoms with Gasteiger partial charge in [-0.1, -0.05) is 6.42 Å². The van der Waals surface area contributed by atoms with Crippen LogP contribution in [0.3, 0.4) is 0 Å². The smallest absolute Gasteiger partial charge is 0.374 e. The van der Waals surface area contributed by atoms with Gasteiger partial charge in [0.1, 0.15) is 6.10 Å². The molecule has 0 aromatic carbocycles. The molecule has 4 nitrogen and oxygen atoms in total. The molecule has 1 aromatic heterocycles. The number of fused-ring (bicyclic) bond motifs is 2. The molecular formula is C14H19NO3. The van der Waals surface area contributed by atoms with Crippen LogP contribution in [0, 0.1) is 0 Å². The number of furan rings is 1. The minimum absolute atomic E-state index is 0.0501. The van der Waals surface area contributed by atoms with E-state index in [0.29, 0.717) is 17.8 Å². The van der Waals surface area contributed by atoms with E-state index in [4.69, 9.17) is 9.15 Å². The second kappa shape index (κ2) is 4.76. The third kappa shape index (κ3) is 2.17. The number of piperidine rings is 2. The molecule has 2 aliphatic rings. The zero-order valence-corrected chi connectivity index (χ0v) is 10.7. The van der Waals surface area contributed by atoms with Crippen LogP contribution in [-0.4, -0.2) is 36.1 Å². The molecule has 2 atom stereocenters. The number of hydrogen-bond donors (Lipinski definition) is 0. The van der Waals surface area contributed by atoms with E-state index in [0.717, 1.165) is 12.8 Å². The van der Waals surface area contributed by atoms with Crippen molar-refractivity contribution in [2.75, 3.05) is 7.05 Å². The number of rotatable bonds is 2. The number of carbonyl (C=O) groups excluding carboxylic acids is 1. The largest absolute Gasteiger partial charge is 0.457 e. The second-order valence-electron chi connectivity index (χ2n) is 5.38. The van der Waals surface area contributed by atoms with Gasteiger partial charge in [0.05, 0.1) is 6.26 Å². The summed E-state index contributed by atoms with van der Waals surface area (Å²) in [5, 5.41) is 0. The Morgan fingerprint density at radius 2 is 2.11 bits per heavy atom. The maximum Gasteiger partial charge on any atom is 0.374 e. The topological polar surface area (TPSA) is 42.7 Å². The highest BCUT2D eigenvalue weighted by Crippen LogP contribution is 2.34. The summed E-state index contributed by atoms with van der Waals surface area (Å²) in [5.74, 6) is -0.0216. The molecule has 2 saturated heterocycles. The highest BCUT2D eigenvalue weighted by molar-refractivity contribution is 5.86. The fraction of sp³-hybridized carbons (Fsp3) is 0.643. The molecule has 3 heterocycles. The molecule has 4 heteroatoms. The maximum atomic E-state index is 11.8. The first-order valence-electron chi connectivity index (χ1n) is 6.70. The van der Waals surface area contributed by atoms with Gasteiger partial charge in [0.25, 0.3) is 0 Å². The average molecular weight is 249 g/mol. The number of esters is 1. The molecule has 0 amide bonds. The van der Waals surface area contributed by atoms with Gasteiger partial charge in [-0.05, 0) is 32.0 Å². The first kappa shape index (κ1) is 11.8.